The maximum absolute atomic E-state index is 13.5. The summed E-state index contributed by atoms with van der Waals surface area (Å²) in [6.45, 7) is 4.08. The van der Waals surface area contributed by atoms with Gasteiger partial charge in [-0.2, -0.15) is 0 Å². The first-order chi connectivity index (χ1) is 16.3. The van der Waals surface area contributed by atoms with Gasteiger partial charge in [-0.05, 0) is 73.5 Å². The van der Waals surface area contributed by atoms with Crippen LogP contribution in [0.15, 0.2) is 78.8 Å². The van der Waals surface area contributed by atoms with Gasteiger partial charge in [0.1, 0.15) is 11.4 Å². The van der Waals surface area contributed by atoms with Crippen LogP contribution in [0, 0.1) is 0 Å². The van der Waals surface area contributed by atoms with Crippen LogP contribution in [0.5, 0.6) is 5.75 Å². The zero-order chi connectivity index (χ0) is 24.2. The lowest BCUT2D eigenvalue weighted by molar-refractivity contribution is -0.137. The molecule has 1 aliphatic rings. The third-order valence-corrected chi connectivity index (χ3v) is 5.43. The number of imide groups is 1. The molecule has 0 fully saturated rings. The van der Waals surface area contributed by atoms with Crippen molar-refractivity contribution in [1.29, 1.82) is 0 Å². The van der Waals surface area contributed by atoms with Gasteiger partial charge in [-0.1, -0.05) is 12.1 Å². The average molecular weight is 457 g/mol. The highest BCUT2D eigenvalue weighted by molar-refractivity contribution is 6.36. The molecule has 0 bridgehead atoms. The number of hydrogen-bond acceptors (Lipinski definition) is 6. The maximum Gasteiger partial charge on any atom is 0.278 e. The molecule has 0 aliphatic carbocycles. The van der Waals surface area contributed by atoms with Crippen LogP contribution in [-0.4, -0.2) is 41.9 Å². The highest BCUT2D eigenvalue weighted by atomic mass is 16.5. The number of carbonyl (C=O) groups excluding carboxylic acids is 2. The second-order valence-corrected chi connectivity index (χ2v) is 8.56. The zero-order valence-electron chi connectivity index (χ0n) is 19.8. The molecule has 7 nitrogen and oxygen atoms in total. The van der Waals surface area contributed by atoms with Gasteiger partial charge >= 0.3 is 0 Å². The molecule has 4 rings (SSSR count). The molecule has 2 aromatic carbocycles. The van der Waals surface area contributed by atoms with E-state index in [4.69, 9.17) is 4.74 Å². The molecule has 2 heterocycles. The Morgan fingerprint density at radius 3 is 2.15 bits per heavy atom. The number of benzene rings is 2. The molecule has 1 aromatic heterocycles. The van der Waals surface area contributed by atoms with Crippen molar-refractivity contribution < 1.29 is 14.3 Å². The number of nitrogens with zero attached hydrogens (tertiary/aromatic N) is 3. The number of carbonyl (C=O) groups is 2. The Morgan fingerprint density at radius 2 is 1.56 bits per heavy atom. The van der Waals surface area contributed by atoms with Crippen LogP contribution < -0.4 is 15.0 Å². The summed E-state index contributed by atoms with van der Waals surface area (Å²) < 4.78 is 5.73. The molecule has 0 saturated heterocycles. The van der Waals surface area contributed by atoms with Crippen LogP contribution in [0.4, 0.5) is 11.4 Å². The zero-order valence-corrected chi connectivity index (χ0v) is 19.8. The monoisotopic (exact) mass is 456 g/mol. The van der Waals surface area contributed by atoms with Crippen LogP contribution >= 0.6 is 0 Å². The summed E-state index contributed by atoms with van der Waals surface area (Å²) in [6.07, 6.45) is 3.33. The fraction of sp³-hybridized carbons (Fsp3) is 0.222. The van der Waals surface area contributed by atoms with Gasteiger partial charge in [-0.3, -0.25) is 19.5 Å². The normalized spacial score (nSPS) is 13.6. The Bertz CT molecular complexity index is 1200. The van der Waals surface area contributed by atoms with Crippen molar-refractivity contribution in [2.24, 2.45) is 0 Å². The van der Waals surface area contributed by atoms with Gasteiger partial charge in [0.15, 0.2) is 0 Å². The fourth-order valence-corrected chi connectivity index (χ4v) is 3.73. The van der Waals surface area contributed by atoms with E-state index in [0.29, 0.717) is 16.9 Å². The second kappa shape index (κ2) is 9.79. The van der Waals surface area contributed by atoms with Gasteiger partial charge in [0.25, 0.3) is 11.8 Å². The van der Waals surface area contributed by atoms with Crippen molar-refractivity contribution >= 4 is 28.8 Å². The first-order valence-corrected chi connectivity index (χ1v) is 11.1. The van der Waals surface area contributed by atoms with Gasteiger partial charge in [0, 0.05) is 37.9 Å². The second-order valence-electron chi connectivity index (χ2n) is 8.56. The first kappa shape index (κ1) is 23.0. The minimum atomic E-state index is -0.365. The van der Waals surface area contributed by atoms with Crippen molar-refractivity contribution in [2.75, 3.05) is 24.3 Å². The van der Waals surface area contributed by atoms with E-state index in [1.54, 1.807) is 24.5 Å². The molecule has 2 amide bonds. The van der Waals surface area contributed by atoms with E-state index in [0.717, 1.165) is 16.9 Å². The number of hydrogen-bond donors (Lipinski definition) is 1. The van der Waals surface area contributed by atoms with Crippen molar-refractivity contribution in [3.63, 3.8) is 0 Å². The summed E-state index contributed by atoms with van der Waals surface area (Å²) in [5, 5.41) is 3.20. The van der Waals surface area contributed by atoms with Crippen LogP contribution in [0.3, 0.4) is 0 Å². The largest absolute Gasteiger partial charge is 0.491 e. The minimum Gasteiger partial charge on any atom is -0.491 e. The molecule has 1 aliphatic heterocycles. The van der Waals surface area contributed by atoms with Gasteiger partial charge in [-0.25, -0.2) is 0 Å². The van der Waals surface area contributed by atoms with E-state index >= 15 is 0 Å². The van der Waals surface area contributed by atoms with Gasteiger partial charge in [0.05, 0.1) is 18.2 Å². The Balaban J connectivity index is 1.69. The molecule has 0 radical (unpaired) electrons. The van der Waals surface area contributed by atoms with E-state index in [2.05, 4.69) is 10.3 Å². The number of amides is 2. The highest BCUT2D eigenvalue weighted by Crippen LogP contribution is 2.32. The van der Waals surface area contributed by atoms with E-state index in [-0.39, 0.29) is 30.2 Å². The Morgan fingerprint density at radius 1 is 0.912 bits per heavy atom. The van der Waals surface area contributed by atoms with E-state index in [1.807, 2.05) is 81.4 Å². The van der Waals surface area contributed by atoms with Gasteiger partial charge in [0.2, 0.25) is 0 Å². The molecule has 0 saturated carbocycles. The highest BCUT2D eigenvalue weighted by Gasteiger charge is 2.39. The van der Waals surface area contributed by atoms with Crippen molar-refractivity contribution in [1.82, 2.24) is 9.88 Å². The van der Waals surface area contributed by atoms with Crippen LogP contribution in [0.2, 0.25) is 0 Å². The summed E-state index contributed by atoms with van der Waals surface area (Å²) in [5.41, 5.74) is 3.84. The minimum absolute atomic E-state index is 0.0398. The molecule has 0 unspecified atom stereocenters. The van der Waals surface area contributed by atoms with Gasteiger partial charge in [-0.15, -0.1) is 0 Å². The molecule has 0 atom stereocenters. The molecule has 3 aromatic rings. The number of aromatic nitrogens is 1. The number of ether oxygens (including phenoxy) is 1. The molecule has 174 valence electrons. The fourth-order valence-electron chi connectivity index (χ4n) is 3.73. The van der Waals surface area contributed by atoms with E-state index < -0.39 is 0 Å². The smallest absolute Gasteiger partial charge is 0.278 e. The summed E-state index contributed by atoms with van der Waals surface area (Å²) in [4.78, 5) is 34.2. The third-order valence-electron chi connectivity index (χ3n) is 5.43. The van der Waals surface area contributed by atoms with E-state index in [9.17, 15) is 9.59 Å². The predicted molar refractivity (Wildman–Crippen MR) is 133 cm³/mol. The van der Waals surface area contributed by atoms with E-state index in [1.165, 1.54) is 4.90 Å². The molecule has 7 heteroatoms. The lowest BCUT2D eigenvalue weighted by atomic mass is 10.0. The molecule has 1 N–H and O–H groups in total. The SMILES string of the molecule is CC(C)Oc1ccc(C2=C(Nc3ccc(N(C)C)cc3)C(=O)N(Cc3ccncc3)C2=O)cc1. The molecular formula is C27H28N4O3. The van der Waals surface area contributed by atoms with Crippen molar-refractivity contribution in [3.8, 4) is 5.75 Å². The van der Waals surface area contributed by atoms with Crippen LogP contribution in [0.1, 0.15) is 25.0 Å². The standard InChI is InChI=1S/C27H28N4O3/c1-18(2)34-23-11-5-20(6-12-23)24-25(29-21-7-9-22(10-8-21)30(3)4)27(33)31(26(24)32)17-19-13-15-28-16-14-19/h5-16,18,29H,17H2,1-4H3. The Kier molecular flexibility index (Phi) is 6.63. The summed E-state index contributed by atoms with van der Waals surface area (Å²) in [5.74, 6) is 0.00121. The third kappa shape index (κ3) is 4.93. The average Bonchev–Trinajstić information content (AvgIpc) is 3.04. The van der Waals surface area contributed by atoms with Crippen molar-refractivity contribution in [3.05, 3.63) is 89.9 Å². The van der Waals surface area contributed by atoms with Crippen LogP contribution in [0.25, 0.3) is 5.57 Å². The number of pyridine rings is 1. The topological polar surface area (TPSA) is 74.8 Å². The lowest BCUT2D eigenvalue weighted by Crippen LogP contribution is -2.32. The summed E-state index contributed by atoms with van der Waals surface area (Å²) in [6, 6.07) is 18.5. The number of rotatable bonds is 8. The first-order valence-electron chi connectivity index (χ1n) is 11.1. The predicted octanol–water partition coefficient (Wildman–Crippen LogP) is 4.33. The quantitative estimate of drug-likeness (QED) is 0.509. The van der Waals surface area contributed by atoms with Crippen molar-refractivity contribution in [2.45, 2.75) is 26.5 Å². The molecule has 34 heavy (non-hydrogen) atoms. The number of anilines is 2. The summed E-state index contributed by atoms with van der Waals surface area (Å²) >= 11 is 0. The Hall–Kier alpha value is -4.13. The lowest BCUT2D eigenvalue weighted by Gasteiger charge is -2.16. The Labute approximate surface area is 199 Å². The molecular weight excluding hydrogens is 428 g/mol. The number of nitrogens with one attached hydrogen (secondary N) is 1. The molecule has 0 spiro atoms. The summed E-state index contributed by atoms with van der Waals surface area (Å²) in [7, 11) is 3.93. The maximum atomic E-state index is 13.5. The van der Waals surface area contributed by atoms with Gasteiger partial charge < -0.3 is 15.0 Å². The van der Waals surface area contributed by atoms with Crippen LogP contribution in [-0.2, 0) is 16.1 Å².